The van der Waals surface area contributed by atoms with Crippen LogP contribution in [0.25, 0.3) is 0 Å². The van der Waals surface area contributed by atoms with Crippen molar-refractivity contribution in [2.75, 3.05) is 7.11 Å². The smallest absolute Gasteiger partial charge is 0.147 e. The van der Waals surface area contributed by atoms with Crippen molar-refractivity contribution in [1.82, 2.24) is 4.98 Å². The van der Waals surface area contributed by atoms with Crippen molar-refractivity contribution < 1.29 is 4.74 Å². The molecule has 0 aliphatic rings. The zero-order chi connectivity index (χ0) is 7.56. The van der Waals surface area contributed by atoms with E-state index in [1.807, 2.05) is 13.0 Å². The Morgan fingerprint density at radius 1 is 1.50 bits per heavy atom. The number of nitrogens with zero attached hydrogens (tertiary/aromatic N) is 1. The van der Waals surface area contributed by atoms with Gasteiger partial charge in [0.1, 0.15) is 13.6 Å². The van der Waals surface area contributed by atoms with Crippen molar-refractivity contribution in [1.29, 1.82) is 0 Å². The molecule has 2 radical (unpaired) electrons. The first kappa shape index (κ1) is 7.13. The number of hydrogen-bond acceptors (Lipinski definition) is 2. The molecule has 50 valence electrons. The molecule has 0 saturated heterocycles. The zero-order valence-electron chi connectivity index (χ0n) is 6.09. The van der Waals surface area contributed by atoms with Gasteiger partial charge in [-0.15, -0.1) is 0 Å². The summed E-state index contributed by atoms with van der Waals surface area (Å²) in [5, 5.41) is 0. The number of hydrogen-bond donors (Lipinski definition) is 0. The Balaban J connectivity index is 3.07. The second-order valence-corrected chi connectivity index (χ2v) is 2.04. The lowest BCUT2D eigenvalue weighted by Crippen LogP contribution is -2.12. The number of aryl methyl sites for hydroxylation is 1. The summed E-state index contributed by atoms with van der Waals surface area (Å²) in [4.78, 5) is 4.00. The van der Waals surface area contributed by atoms with Gasteiger partial charge in [-0.25, -0.2) is 0 Å². The molecule has 0 spiro atoms. The topological polar surface area (TPSA) is 22.1 Å². The number of rotatable bonds is 1. The number of aromatic nitrogens is 1. The highest BCUT2D eigenvalue weighted by Crippen LogP contribution is 2.02. The van der Waals surface area contributed by atoms with E-state index in [0.29, 0.717) is 11.3 Å². The second-order valence-electron chi connectivity index (χ2n) is 2.04. The van der Waals surface area contributed by atoms with E-state index >= 15 is 0 Å². The van der Waals surface area contributed by atoms with Gasteiger partial charge in [0, 0.05) is 11.3 Å². The Kier molecular flexibility index (Phi) is 1.95. The minimum Gasteiger partial charge on any atom is -0.496 e. The van der Waals surface area contributed by atoms with Gasteiger partial charge in [0.25, 0.3) is 0 Å². The molecule has 1 rings (SSSR count). The fourth-order valence-electron chi connectivity index (χ4n) is 0.737. The maximum atomic E-state index is 5.50. The van der Waals surface area contributed by atoms with E-state index in [9.17, 15) is 0 Å². The van der Waals surface area contributed by atoms with Gasteiger partial charge in [-0.2, -0.15) is 0 Å². The van der Waals surface area contributed by atoms with Crippen LogP contribution in [0.1, 0.15) is 5.69 Å². The Bertz CT molecular complexity index is 237. The molecule has 0 aliphatic carbocycles. The van der Waals surface area contributed by atoms with E-state index in [1.165, 1.54) is 0 Å². The first-order chi connectivity index (χ1) is 4.74. The van der Waals surface area contributed by atoms with Crippen molar-refractivity contribution in [3.05, 3.63) is 17.8 Å². The minimum atomic E-state index is 0.447. The van der Waals surface area contributed by atoms with E-state index in [1.54, 1.807) is 13.2 Å². The van der Waals surface area contributed by atoms with Gasteiger partial charge in [0.2, 0.25) is 0 Å². The van der Waals surface area contributed by atoms with E-state index < -0.39 is 0 Å². The van der Waals surface area contributed by atoms with Gasteiger partial charge < -0.3 is 4.74 Å². The third kappa shape index (κ3) is 1.29. The average molecular weight is 133 g/mol. The summed E-state index contributed by atoms with van der Waals surface area (Å²) in [6, 6.07) is 3.66. The van der Waals surface area contributed by atoms with Crippen LogP contribution in [0.2, 0.25) is 0 Å². The largest absolute Gasteiger partial charge is 0.496 e. The fraction of sp³-hybridized carbons (Fsp3) is 0.286. The summed E-state index contributed by atoms with van der Waals surface area (Å²) < 4.78 is 4.91. The first-order valence-electron chi connectivity index (χ1n) is 3.01. The van der Waals surface area contributed by atoms with Gasteiger partial charge in [-0.05, 0) is 19.1 Å². The molecule has 10 heavy (non-hydrogen) atoms. The maximum Gasteiger partial charge on any atom is 0.147 e. The van der Waals surface area contributed by atoms with Crippen LogP contribution in [0.5, 0.6) is 5.75 Å². The van der Waals surface area contributed by atoms with E-state index in [2.05, 4.69) is 4.98 Å². The number of methoxy groups -OCH3 is 1. The van der Waals surface area contributed by atoms with Crippen LogP contribution in [-0.2, 0) is 0 Å². The number of pyridine rings is 1. The van der Waals surface area contributed by atoms with Crippen LogP contribution in [-0.4, -0.2) is 19.9 Å². The summed E-state index contributed by atoms with van der Waals surface area (Å²) in [5.74, 6) is 0.630. The molecule has 0 saturated carbocycles. The van der Waals surface area contributed by atoms with Crippen LogP contribution >= 0.6 is 0 Å². The second kappa shape index (κ2) is 2.73. The Morgan fingerprint density at radius 2 is 2.20 bits per heavy atom. The fourth-order valence-corrected chi connectivity index (χ4v) is 0.737. The molecule has 1 aromatic heterocycles. The highest BCUT2D eigenvalue weighted by Gasteiger charge is 1.95. The molecule has 0 aromatic carbocycles. The minimum absolute atomic E-state index is 0.447. The summed E-state index contributed by atoms with van der Waals surface area (Å²) in [5.41, 5.74) is 1.35. The van der Waals surface area contributed by atoms with Crippen LogP contribution in [0.4, 0.5) is 0 Å². The molecule has 1 aromatic rings. The Hall–Kier alpha value is -0.985. The average Bonchev–Trinajstić information content (AvgIpc) is 1.88. The molecule has 0 amide bonds. The quantitative estimate of drug-likeness (QED) is 0.510. The SMILES string of the molecule is [B]c1nc(C)ccc1OC. The van der Waals surface area contributed by atoms with Gasteiger partial charge in [0.05, 0.1) is 7.11 Å². The normalized spacial score (nSPS) is 9.40. The molecule has 2 nitrogen and oxygen atoms in total. The molecule has 0 bridgehead atoms. The lowest BCUT2D eigenvalue weighted by atomic mass is 10.0. The Morgan fingerprint density at radius 3 is 2.70 bits per heavy atom. The molecule has 1 heterocycles. The lowest BCUT2D eigenvalue weighted by Gasteiger charge is -2.03. The van der Waals surface area contributed by atoms with Crippen molar-refractivity contribution in [2.24, 2.45) is 0 Å². The van der Waals surface area contributed by atoms with Crippen LogP contribution in [0, 0.1) is 6.92 Å². The van der Waals surface area contributed by atoms with Crippen molar-refractivity contribution in [3.63, 3.8) is 0 Å². The van der Waals surface area contributed by atoms with Gasteiger partial charge in [-0.3, -0.25) is 4.98 Å². The first-order valence-corrected chi connectivity index (χ1v) is 3.01. The van der Waals surface area contributed by atoms with Gasteiger partial charge in [0.15, 0.2) is 0 Å². The summed E-state index contributed by atoms with van der Waals surface area (Å²) in [6.45, 7) is 1.88. The standard InChI is InChI=1S/C7H8BNO/c1-5-3-4-6(10-2)7(8)9-5/h3-4H,1-2H3. The van der Waals surface area contributed by atoms with Crippen LogP contribution in [0.3, 0.4) is 0 Å². The molecule has 0 unspecified atom stereocenters. The summed E-state index contributed by atoms with van der Waals surface area (Å²) in [7, 11) is 7.07. The predicted molar refractivity (Wildman–Crippen MR) is 40.9 cm³/mol. The van der Waals surface area contributed by atoms with Crippen molar-refractivity contribution in [3.8, 4) is 5.75 Å². The zero-order valence-corrected chi connectivity index (χ0v) is 6.09. The molecule has 0 aliphatic heterocycles. The highest BCUT2D eigenvalue weighted by atomic mass is 16.5. The van der Waals surface area contributed by atoms with Crippen LogP contribution < -0.4 is 10.3 Å². The van der Waals surface area contributed by atoms with Crippen LogP contribution in [0.15, 0.2) is 12.1 Å². The third-order valence-electron chi connectivity index (χ3n) is 1.25. The molecule has 0 atom stereocenters. The Labute approximate surface area is 61.6 Å². The summed E-state index contributed by atoms with van der Waals surface area (Å²) >= 11 is 0. The molecular weight excluding hydrogens is 125 g/mol. The van der Waals surface area contributed by atoms with E-state index in [-0.39, 0.29) is 0 Å². The summed E-state index contributed by atoms with van der Waals surface area (Å²) in [6.07, 6.45) is 0. The monoisotopic (exact) mass is 133 g/mol. The molecule has 0 N–H and O–H groups in total. The maximum absolute atomic E-state index is 5.50. The van der Waals surface area contributed by atoms with Crippen molar-refractivity contribution in [2.45, 2.75) is 6.92 Å². The van der Waals surface area contributed by atoms with E-state index in [4.69, 9.17) is 12.6 Å². The molecular formula is C7H8BNO. The molecule has 0 fully saturated rings. The predicted octanol–water partition coefficient (Wildman–Crippen LogP) is 0.192. The van der Waals surface area contributed by atoms with Gasteiger partial charge in [-0.1, -0.05) is 0 Å². The van der Waals surface area contributed by atoms with E-state index in [0.717, 1.165) is 5.69 Å². The lowest BCUT2D eigenvalue weighted by molar-refractivity contribution is 0.416. The van der Waals surface area contributed by atoms with Gasteiger partial charge >= 0.3 is 0 Å². The third-order valence-corrected chi connectivity index (χ3v) is 1.25. The van der Waals surface area contributed by atoms with Crippen molar-refractivity contribution >= 4 is 13.4 Å². The highest BCUT2D eigenvalue weighted by molar-refractivity contribution is 6.32. The number of ether oxygens (including phenoxy) is 1. The molecule has 3 heteroatoms.